The normalized spacial score (nSPS) is 26.5. The van der Waals surface area contributed by atoms with Crippen LogP contribution in [-0.2, 0) is 4.74 Å². The molecule has 0 bridgehead atoms. The molecule has 1 aliphatic heterocycles. The molecular formula is C11H11ClOS2. The number of halogens is 1. The van der Waals surface area contributed by atoms with Crippen molar-refractivity contribution in [2.75, 3.05) is 12.5 Å². The van der Waals surface area contributed by atoms with Crippen molar-refractivity contribution < 1.29 is 4.74 Å². The molecule has 0 aromatic carbocycles. The summed E-state index contributed by atoms with van der Waals surface area (Å²) in [5.74, 6) is 1.20. The van der Waals surface area contributed by atoms with Gasteiger partial charge in [-0.1, -0.05) is 0 Å². The van der Waals surface area contributed by atoms with Crippen molar-refractivity contribution in [3.63, 3.8) is 0 Å². The van der Waals surface area contributed by atoms with Crippen LogP contribution in [0.15, 0.2) is 16.8 Å². The van der Waals surface area contributed by atoms with Crippen molar-refractivity contribution in [2.45, 2.75) is 12.5 Å². The number of ether oxygens (including phenoxy) is 1. The third-order valence-corrected chi connectivity index (χ3v) is 5.34. The molecule has 0 amide bonds. The third-order valence-electron chi connectivity index (χ3n) is 2.87. The number of alkyl halides is 1. The molecule has 0 spiro atoms. The molecule has 2 aromatic heterocycles. The predicted octanol–water partition coefficient (Wildman–Crippen LogP) is 4.28. The molecule has 1 nitrogen and oxygen atoms in total. The van der Waals surface area contributed by atoms with Crippen LogP contribution in [0, 0.1) is 5.92 Å². The molecule has 3 heterocycles. The van der Waals surface area contributed by atoms with Crippen LogP contribution in [-0.4, -0.2) is 12.5 Å². The Morgan fingerprint density at radius 3 is 3.20 bits per heavy atom. The molecular weight excluding hydrogens is 248 g/mol. The Balaban J connectivity index is 1.95. The third kappa shape index (κ3) is 1.72. The van der Waals surface area contributed by atoms with E-state index in [-0.39, 0.29) is 6.10 Å². The second-order valence-corrected chi connectivity index (χ2v) is 6.00. The van der Waals surface area contributed by atoms with Crippen molar-refractivity contribution in [1.29, 1.82) is 0 Å². The molecule has 1 fully saturated rings. The monoisotopic (exact) mass is 258 g/mol. The fourth-order valence-corrected chi connectivity index (χ4v) is 4.51. The Morgan fingerprint density at radius 2 is 2.40 bits per heavy atom. The zero-order chi connectivity index (χ0) is 10.3. The van der Waals surface area contributed by atoms with E-state index in [0.717, 1.165) is 13.0 Å². The van der Waals surface area contributed by atoms with E-state index in [1.54, 1.807) is 11.3 Å². The topological polar surface area (TPSA) is 9.23 Å². The molecule has 4 heteroatoms. The van der Waals surface area contributed by atoms with Crippen LogP contribution in [0.4, 0.5) is 0 Å². The van der Waals surface area contributed by atoms with Crippen LogP contribution in [0.5, 0.6) is 0 Å². The van der Waals surface area contributed by atoms with Gasteiger partial charge in [0, 0.05) is 38.7 Å². The lowest BCUT2D eigenvalue weighted by Gasteiger charge is -2.13. The molecule has 15 heavy (non-hydrogen) atoms. The lowest BCUT2D eigenvalue weighted by atomic mass is 10.0. The summed E-state index contributed by atoms with van der Waals surface area (Å²) >= 11 is 9.56. The number of hydrogen-bond donors (Lipinski definition) is 0. The smallest absolute Gasteiger partial charge is 0.0957 e. The maximum atomic E-state index is 5.95. The lowest BCUT2D eigenvalue weighted by molar-refractivity contribution is 0.0980. The molecule has 1 saturated heterocycles. The van der Waals surface area contributed by atoms with Crippen molar-refractivity contribution in [1.82, 2.24) is 0 Å². The number of fused-ring (bicyclic) bond motifs is 1. The average molecular weight is 259 g/mol. The summed E-state index contributed by atoms with van der Waals surface area (Å²) in [5.41, 5.74) is 0. The molecule has 0 saturated carbocycles. The molecule has 2 unspecified atom stereocenters. The zero-order valence-corrected chi connectivity index (χ0v) is 10.5. The van der Waals surface area contributed by atoms with Gasteiger partial charge in [0.25, 0.3) is 0 Å². The average Bonchev–Trinajstić information content (AvgIpc) is 2.91. The van der Waals surface area contributed by atoms with Gasteiger partial charge in [0.05, 0.1) is 6.10 Å². The van der Waals surface area contributed by atoms with Crippen LogP contribution in [0.2, 0.25) is 0 Å². The van der Waals surface area contributed by atoms with Crippen LogP contribution in [0.1, 0.15) is 17.4 Å². The van der Waals surface area contributed by atoms with Crippen LogP contribution >= 0.6 is 34.3 Å². The number of thiophene rings is 2. The second kappa shape index (κ2) is 4.06. The maximum Gasteiger partial charge on any atom is 0.0957 e. The Morgan fingerprint density at radius 1 is 1.47 bits per heavy atom. The van der Waals surface area contributed by atoms with Crippen LogP contribution < -0.4 is 0 Å². The minimum Gasteiger partial charge on any atom is -0.372 e. The van der Waals surface area contributed by atoms with Crippen molar-refractivity contribution in [3.05, 3.63) is 21.7 Å². The second-order valence-electron chi connectivity index (χ2n) is 3.83. The predicted molar refractivity (Wildman–Crippen MR) is 67.2 cm³/mol. The molecule has 0 N–H and O–H groups in total. The Hall–Kier alpha value is -0.0900. The quantitative estimate of drug-likeness (QED) is 0.731. The van der Waals surface area contributed by atoms with E-state index in [0.29, 0.717) is 11.8 Å². The molecule has 80 valence electrons. The summed E-state index contributed by atoms with van der Waals surface area (Å²) < 4.78 is 7.14. The van der Waals surface area contributed by atoms with Gasteiger partial charge in [-0.05, 0) is 17.9 Å². The van der Waals surface area contributed by atoms with Crippen molar-refractivity contribution in [2.24, 2.45) is 5.92 Å². The lowest BCUT2D eigenvalue weighted by Crippen LogP contribution is -2.06. The molecule has 2 aromatic rings. The first kappa shape index (κ1) is 10.1. The summed E-state index contributed by atoms with van der Waals surface area (Å²) in [7, 11) is 0. The highest BCUT2D eigenvalue weighted by atomic mass is 35.5. The van der Waals surface area contributed by atoms with Gasteiger partial charge in [-0.3, -0.25) is 0 Å². The van der Waals surface area contributed by atoms with Gasteiger partial charge in [0.2, 0.25) is 0 Å². The highest BCUT2D eigenvalue weighted by Crippen LogP contribution is 2.41. The van der Waals surface area contributed by atoms with E-state index in [9.17, 15) is 0 Å². The van der Waals surface area contributed by atoms with E-state index >= 15 is 0 Å². The van der Waals surface area contributed by atoms with E-state index in [2.05, 4.69) is 16.8 Å². The van der Waals surface area contributed by atoms with E-state index in [4.69, 9.17) is 16.3 Å². The molecule has 3 rings (SSSR count). The summed E-state index contributed by atoms with van der Waals surface area (Å²) in [6.07, 6.45) is 1.34. The van der Waals surface area contributed by atoms with Gasteiger partial charge < -0.3 is 4.74 Å². The first-order valence-electron chi connectivity index (χ1n) is 5.01. The standard InChI is InChI=1S/C11H11ClOS2/c12-4-7-1-2-13-11(7)9-3-8-5-14-6-10(8)15-9/h3,5-7,11H,1-2,4H2. The molecule has 0 aliphatic carbocycles. The van der Waals surface area contributed by atoms with E-state index < -0.39 is 0 Å². The van der Waals surface area contributed by atoms with Gasteiger partial charge in [-0.15, -0.1) is 22.9 Å². The van der Waals surface area contributed by atoms with Crippen LogP contribution in [0.25, 0.3) is 10.1 Å². The van der Waals surface area contributed by atoms with Gasteiger partial charge >= 0.3 is 0 Å². The first-order chi connectivity index (χ1) is 7.38. The minimum absolute atomic E-state index is 0.241. The minimum atomic E-state index is 0.241. The summed E-state index contributed by atoms with van der Waals surface area (Å²) in [4.78, 5) is 1.34. The van der Waals surface area contributed by atoms with Gasteiger partial charge in [-0.25, -0.2) is 0 Å². The summed E-state index contributed by atoms with van der Waals surface area (Å²) in [6, 6.07) is 2.26. The van der Waals surface area contributed by atoms with Gasteiger partial charge in [-0.2, -0.15) is 11.3 Å². The Bertz CT molecular complexity index is 433. The largest absolute Gasteiger partial charge is 0.372 e. The highest BCUT2D eigenvalue weighted by molar-refractivity contribution is 7.22. The summed E-state index contributed by atoms with van der Waals surface area (Å²) in [6.45, 7) is 0.854. The fraction of sp³-hybridized carbons (Fsp3) is 0.455. The van der Waals surface area contributed by atoms with Crippen molar-refractivity contribution >= 4 is 44.4 Å². The maximum absolute atomic E-state index is 5.95. The first-order valence-corrected chi connectivity index (χ1v) is 7.31. The van der Waals surface area contributed by atoms with Crippen LogP contribution in [0.3, 0.4) is 0 Å². The molecule has 2 atom stereocenters. The summed E-state index contributed by atoms with van der Waals surface area (Å²) in [5, 5.41) is 5.75. The van der Waals surface area contributed by atoms with Gasteiger partial charge in [0.15, 0.2) is 0 Å². The fourth-order valence-electron chi connectivity index (χ4n) is 2.04. The highest BCUT2D eigenvalue weighted by Gasteiger charge is 2.30. The van der Waals surface area contributed by atoms with Crippen molar-refractivity contribution in [3.8, 4) is 0 Å². The number of hydrogen-bond acceptors (Lipinski definition) is 3. The molecule has 1 aliphatic rings. The SMILES string of the molecule is ClCC1CCOC1c1cc2cscc2s1. The van der Waals surface area contributed by atoms with Gasteiger partial charge in [0.1, 0.15) is 0 Å². The Labute approximate surface area is 102 Å². The molecule has 0 radical (unpaired) electrons. The zero-order valence-electron chi connectivity index (χ0n) is 8.11. The van der Waals surface area contributed by atoms with E-state index in [1.165, 1.54) is 15.0 Å². The number of rotatable bonds is 2. The Kier molecular flexibility index (Phi) is 2.73. The van der Waals surface area contributed by atoms with E-state index in [1.807, 2.05) is 11.3 Å².